The molecule has 0 aromatic rings. The Morgan fingerprint density at radius 3 is 1.14 bits per heavy atom. The van der Waals surface area contributed by atoms with E-state index in [2.05, 4.69) is 16.0 Å². The second kappa shape index (κ2) is 28.5. The van der Waals surface area contributed by atoms with Gasteiger partial charge in [-0.3, -0.25) is 14.4 Å². The monoisotopic (exact) mass is 1140 g/mol. The van der Waals surface area contributed by atoms with Gasteiger partial charge in [0.2, 0.25) is 17.7 Å². The van der Waals surface area contributed by atoms with Gasteiger partial charge in [0.1, 0.15) is 146 Å². The van der Waals surface area contributed by atoms with Gasteiger partial charge < -0.3 is 154 Å². The van der Waals surface area contributed by atoms with E-state index in [9.17, 15) is 91.0 Å². The van der Waals surface area contributed by atoms with Gasteiger partial charge in [0, 0.05) is 35.0 Å². The third-order valence-electron chi connectivity index (χ3n) is 14.0. The van der Waals surface area contributed by atoms with E-state index in [1.165, 1.54) is 7.11 Å². The molecule has 0 bridgehead atoms. The number of carbonyl (C=O) groups excluding carboxylic acids is 3. The van der Waals surface area contributed by atoms with Crippen LogP contribution < -0.4 is 16.0 Å². The number of aliphatic hydroxyl groups is 15. The van der Waals surface area contributed by atoms with Crippen LogP contribution in [0.5, 0.6) is 0 Å². The van der Waals surface area contributed by atoms with Gasteiger partial charge in [-0.2, -0.15) is 0 Å². The number of nitrogens with one attached hydrogen (secondary N) is 3. The van der Waals surface area contributed by atoms with Crippen LogP contribution in [0.25, 0.3) is 0 Å². The standard InChI is InChI=1S/C44H75N3O31/c1-12(52)45-21-28(59)24(55)15(6-48)70-40(21)75-35-20(11-68-43-37(31(62)27(58)19(74-43)10-66-4)77-41-22(46-13(2)53)29(60)25(56)16(7-49)71-41)69-39(65)33(64)36(35)76-44-38(32(63)34(67-5)18(9-51)73-44)78-42-23(47-14(3)54)30(61)26(57)17(8-50)72-42/h15-44,48-51,55-65H,6-11H2,1-5H3,(H,45,52)(H,46,53)(H,47,54)/t15-,16-,17-,18-,19-,20-,21-,22-,23-,24-,25-,26-,27-,28-,29-,30-,31+,32+,33+,34-,35-,36-,37+,38+,39-,40+,41+,42+,43+,44-/m1/s1. The van der Waals surface area contributed by atoms with Gasteiger partial charge >= 0.3 is 0 Å². The van der Waals surface area contributed by atoms with Gasteiger partial charge in [0.05, 0.1) is 39.6 Å². The molecule has 6 aliphatic heterocycles. The SMILES string of the molecule is COC[C@H]1O[C@H](OC[C@H]2O[C@@H](O)[C@@H](O)[C@@H](O[C@H]3O[C@H](CO)[C@@H](OC)[C@H](O)[C@@H]3O[C@@H]3O[C@H](CO)[C@@H](O)[C@H](O)[C@H]3NC(C)=O)[C@@H]2O[C@@H]2O[C@H](CO)[C@@H](O)[C@H](O)[C@H]2NC(C)=O)[C@@H](O[C@@H]2O[C@H](CO)[C@@H](O)[C@H](O)[C@H]2NC(C)=O)[C@@H](O)[C@@H]1O. The molecule has 0 radical (unpaired) electrons. The topological polar surface area (TPSA) is 511 Å². The van der Waals surface area contributed by atoms with E-state index >= 15 is 0 Å². The maximum absolute atomic E-state index is 12.5. The molecule has 0 unspecified atom stereocenters. The predicted molar refractivity (Wildman–Crippen MR) is 244 cm³/mol. The number of hydrogen-bond donors (Lipinski definition) is 18. The van der Waals surface area contributed by atoms with Crippen LogP contribution in [0.3, 0.4) is 0 Å². The van der Waals surface area contributed by atoms with Crippen LogP contribution >= 0.6 is 0 Å². The summed E-state index contributed by atoms with van der Waals surface area (Å²) >= 11 is 0. The first-order chi connectivity index (χ1) is 36.9. The van der Waals surface area contributed by atoms with E-state index in [4.69, 9.17) is 61.6 Å². The highest BCUT2D eigenvalue weighted by Gasteiger charge is 2.58. The lowest BCUT2D eigenvalue weighted by Gasteiger charge is -2.51. The van der Waals surface area contributed by atoms with E-state index in [1.807, 2.05) is 0 Å². The smallest absolute Gasteiger partial charge is 0.217 e. The zero-order valence-electron chi connectivity index (χ0n) is 42.8. The summed E-state index contributed by atoms with van der Waals surface area (Å²) in [4.78, 5) is 37.2. The number of aliphatic hydroxyl groups excluding tert-OH is 15. The third kappa shape index (κ3) is 14.4. The fraction of sp³-hybridized carbons (Fsp3) is 0.932. The molecule has 6 heterocycles. The summed E-state index contributed by atoms with van der Waals surface area (Å²) in [6.45, 7) is -1.86. The molecular weight excluding hydrogens is 1070 g/mol. The van der Waals surface area contributed by atoms with Crippen molar-refractivity contribution >= 4 is 17.7 Å². The van der Waals surface area contributed by atoms with Crippen molar-refractivity contribution < 1.29 is 153 Å². The lowest BCUT2D eigenvalue weighted by molar-refractivity contribution is -0.397. The molecule has 0 aliphatic carbocycles. The normalized spacial score (nSPS) is 47.2. The van der Waals surface area contributed by atoms with Crippen molar-refractivity contribution in [2.75, 3.05) is 53.9 Å². The van der Waals surface area contributed by atoms with Crippen LogP contribution in [0.15, 0.2) is 0 Å². The molecule has 6 rings (SSSR count). The molecular formula is C44H75N3O31. The summed E-state index contributed by atoms with van der Waals surface area (Å²) in [7, 11) is 2.35. The molecule has 6 saturated heterocycles. The first kappa shape index (κ1) is 64.5. The number of rotatable bonds is 21. The maximum Gasteiger partial charge on any atom is 0.217 e. The minimum atomic E-state index is -2.33. The Hall–Kier alpha value is -2.71. The Bertz CT molecular complexity index is 1910. The Kier molecular flexibility index (Phi) is 23.6. The van der Waals surface area contributed by atoms with Crippen molar-refractivity contribution in [2.45, 2.75) is 205 Å². The molecule has 0 aromatic carbocycles. The zero-order chi connectivity index (χ0) is 57.6. The summed E-state index contributed by atoms with van der Waals surface area (Å²) < 4.78 is 76.7. The fourth-order valence-corrected chi connectivity index (χ4v) is 10.0. The number of hydrogen-bond acceptors (Lipinski definition) is 31. The second-order valence-electron chi connectivity index (χ2n) is 19.5. The first-order valence-electron chi connectivity index (χ1n) is 24.9. The van der Waals surface area contributed by atoms with E-state index in [-0.39, 0.29) is 0 Å². The summed E-state index contributed by atoms with van der Waals surface area (Å²) in [6, 6.07) is -4.97. The molecule has 6 fully saturated rings. The molecule has 0 saturated carbocycles. The van der Waals surface area contributed by atoms with Crippen molar-refractivity contribution in [3.8, 4) is 0 Å². The van der Waals surface area contributed by atoms with Gasteiger partial charge in [-0.1, -0.05) is 0 Å². The number of carbonyl (C=O) groups is 3. The van der Waals surface area contributed by atoms with E-state index in [1.54, 1.807) is 0 Å². The van der Waals surface area contributed by atoms with Crippen LogP contribution in [0, 0.1) is 0 Å². The molecule has 30 atom stereocenters. The maximum atomic E-state index is 12.5. The minimum Gasteiger partial charge on any atom is -0.394 e. The highest BCUT2D eigenvalue weighted by molar-refractivity contribution is 5.74. The number of methoxy groups -OCH3 is 2. The van der Waals surface area contributed by atoms with Gasteiger partial charge in [-0.05, 0) is 0 Å². The Morgan fingerprint density at radius 2 is 0.744 bits per heavy atom. The van der Waals surface area contributed by atoms with Gasteiger partial charge in [-0.15, -0.1) is 0 Å². The van der Waals surface area contributed by atoms with Crippen molar-refractivity contribution in [1.82, 2.24) is 16.0 Å². The second-order valence-corrected chi connectivity index (χ2v) is 19.5. The van der Waals surface area contributed by atoms with Crippen LogP contribution in [-0.4, -0.2) is 332 Å². The fourth-order valence-electron chi connectivity index (χ4n) is 10.0. The quantitative estimate of drug-likeness (QED) is 0.0507. The van der Waals surface area contributed by atoms with E-state index < -0.39 is 241 Å². The molecule has 78 heavy (non-hydrogen) atoms. The molecule has 452 valence electrons. The lowest BCUT2D eigenvalue weighted by atomic mass is 9.94. The highest BCUT2D eigenvalue weighted by atomic mass is 16.8. The van der Waals surface area contributed by atoms with E-state index in [0.717, 1.165) is 27.9 Å². The molecule has 3 amide bonds. The minimum absolute atomic E-state index is 0.403. The summed E-state index contributed by atoms with van der Waals surface area (Å²) in [5.74, 6) is -2.34. The first-order valence-corrected chi connectivity index (χ1v) is 24.9. The largest absolute Gasteiger partial charge is 0.394 e. The third-order valence-corrected chi connectivity index (χ3v) is 14.0. The highest BCUT2D eigenvalue weighted by Crippen LogP contribution is 2.37. The van der Waals surface area contributed by atoms with Gasteiger partial charge in [0.15, 0.2) is 37.7 Å². The average Bonchev–Trinajstić information content (AvgIpc) is 3.47. The molecule has 18 N–H and O–H groups in total. The Balaban J connectivity index is 1.41. The molecule has 34 heteroatoms. The predicted octanol–water partition coefficient (Wildman–Crippen LogP) is -12.4. The molecule has 0 spiro atoms. The Labute approximate surface area is 444 Å². The van der Waals surface area contributed by atoms with Crippen molar-refractivity contribution in [3.63, 3.8) is 0 Å². The molecule has 0 aromatic heterocycles. The van der Waals surface area contributed by atoms with Crippen LogP contribution in [0.1, 0.15) is 20.8 Å². The number of amides is 3. The molecule has 34 nitrogen and oxygen atoms in total. The van der Waals surface area contributed by atoms with Gasteiger partial charge in [0.25, 0.3) is 0 Å². The summed E-state index contributed by atoms with van der Waals surface area (Å²) in [5.41, 5.74) is 0. The van der Waals surface area contributed by atoms with E-state index in [0.29, 0.717) is 0 Å². The molecule has 6 aliphatic rings. The van der Waals surface area contributed by atoms with Crippen molar-refractivity contribution in [1.29, 1.82) is 0 Å². The van der Waals surface area contributed by atoms with Crippen LogP contribution in [0.4, 0.5) is 0 Å². The zero-order valence-corrected chi connectivity index (χ0v) is 42.8. The Morgan fingerprint density at radius 1 is 0.372 bits per heavy atom. The average molecular weight is 1140 g/mol. The summed E-state index contributed by atoms with van der Waals surface area (Å²) in [6.07, 6.45) is -50.3. The van der Waals surface area contributed by atoms with Crippen molar-refractivity contribution in [3.05, 3.63) is 0 Å². The van der Waals surface area contributed by atoms with Gasteiger partial charge in [-0.25, -0.2) is 0 Å². The van der Waals surface area contributed by atoms with Crippen LogP contribution in [-0.2, 0) is 76.0 Å². The lowest BCUT2D eigenvalue weighted by Crippen LogP contribution is -2.70. The van der Waals surface area contributed by atoms with Crippen LogP contribution in [0.2, 0.25) is 0 Å². The van der Waals surface area contributed by atoms with Crippen molar-refractivity contribution in [2.24, 2.45) is 0 Å². The number of ether oxygens (including phenoxy) is 13. The summed E-state index contributed by atoms with van der Waals surface area (Å²) in [5, 5.41) is 171.